The van der Waals surface area contributed by atoms with Crippen molar-refractivity contribution in [2.45, 2.75) is 91.8 Å². The van der Waals surface area contributed by atoms with Crippen molar-refractivity contribution in [3.63, 3.8) is 0 Å². The van der Waals surface area contributed by atoms with Gasteiger partial charge in [0.2, 0.25) is 0 Å². The molecule has 2 aliphatic carbocycles. The lowest BCUT2D eigenvalue weighted by Crippen LogP contribution is -2.47. The molecule has 0 spiro atoms. The van der Waals surface area contributed by atoms with Crippen molar-refractivity contribution in [1.82, 2.24) is 0 Å². The van der Waals surface area contributed by atoms with Gasteiger partial charge in [-0.1, -0.05) is 32.4 Å². The maximum Gasteiger partial charge on any atom is 0.303 e. The van der Waals surface area contributed by atoms with E-state index in [0.717, 1.165) is 43.3 Å². The molecular weight excluding hydrogens is 368 g/mol. The first-order valence-electron chi connectivity index (χ1n) is 10.9. The Hall–Kier alpha value is -1.62. The van der Waals surface area contributed by atoms with Gasteiger partial charge in [-0.05, 0) is 62.0 Å². The number of allylic oxidation sites excluding steroid dienone is 2. The lowest BCUT2D eigenvalue weighted by atomic mass is 9.67. The predicted molar refractivity (Wildman–Crippen MR) is 113 cm³/mol. The van der Waals surface area contributed by atoms with Crippen molar-refractivity contribution < 1.29 is 24.2 Å². The molecule has 4 unspecified atom stereocenters. The summed E-state index contributed by atoms with van der Waals surface area (Å²) in [5, 5.41) is 9.89. The monoisotopic (exact) mass is 406 g/mol. The SMILES string of the molecule is CC(=O)OC1C=C(C)CCC2C(C)(CC=C(CO)C1)CCC2(OC(C)=O)C(C)C. The zero-order valence-corrected chi connectivity index (χ0v) is 18.9. The zero-order valence-electron chi connectivity index (χ0n) is 18.9. The number of hydrogen-bond acceptors (Lipinski definition) is 5. The summed E-state index contributed by atoms with van der Waals surface area (Å²) in [7, 11) is 0. The maximum absolute atomic E-state index is 12.0. The van der Waals surface area contributed by atoms with E-state index in [1.807, 2.05) is 6.08 Å². The van der Waals surface area contributed by atoms with Crippen LogP contribution < -0.4 is 0 Å². The van der Waals surface area contributed by atoms with Crippen molar-refractivity contribution in [2.75, 3.05) is 6.61 Å². The lowest BCUT2D eigenvalue weighted by Gasteiger charge is -2.43. The molecular formula is C24H38O5. The molecule has 0 saturated heterocycles. The molecule has 0 radical (unpaired) electrons. The van der Waals surface area contributed by atoms with Gasteiger partial charge in [-0.25, -0.2) is 0 Å². The molecule has 0 aromatic carbocycles. The largest absolute Gasteiger partial charge is 0.459 e. The summed E-state index contributed by atoms with van der Waals surface area (Å²) in [5.74, 6) is -0.0822. The van der Waals surface area contributed by atoms with Gasteiger partial charge >= 0.3 is 11.9 Å². The van der Waals surface area contributed by atoms with E-state index in [1.165, 1.54) is 13.8 Å². The number of fused-ring (bicyclic) bond motifs is 1. The van der Waals surface area contributed by atoms with E-state index in [4.69, 9.17) is 9.47 Å². The number of carbonyl (C=O) groups excluding carboxylic acids is 2. The van der Waals surface area contributed by atoms with Crippen LogP contribution in [0.5, 0.6) is 0 Å². The minimum Gasteiger partial charge on any atom is -0.459 e. The van der Waals surface area contributed by atoms with Crippen LogP contribution in [0.1, 0.15) is 80.1 Å². The van der Waals surface area contributed by atoms with Gasteiger partial charge in [-0.15, -0.1) is 0 Å². The average molecular weight is 407 g/mol. The number of carbonyl (C=O) groups is 2. The highest BCUT2D eigenvalue weighted by Gasteiger charge is 2.57. The second-order valence-corrected chi connectivity index (χ2v) is 9.54. The highest BCUT2D eigenvalue weighted by Crippen LogP contribution is 2.58. The van der Waals surface area contributed by atoms with Crippen LogP contribution >= 0.6 is 0 Å². The molecule has 0 aliphatic heterocycles. The van der Waals surface area contributed by atoms with Crippen LogP contribution in [0, 0.1) is 17.3 Å². The number of ether oxygens (including phenoxy) is 2. The van der Waals surface area contributed by atoms with Gasteiger partial charge in [-0.3, -0.25) is 9.59 Å². The predicted octanol–water partition coefficient (Wildman–Crippen LogP) is 4.73. The van der Waals surface area contributed by atoms with Gasteiger partial charge in [0.25, 0.3) is 0 Å². The minimum atomic E-state index is -0.461. The Kier molecular flexibility index (Phi) is 7.72. The molecule has 0 heterocycles. The smallest absolute Gasteiger partial charge is 0.303 e. The summed E-state index contributed by atoms with van der Waals surface area (Å²) in [5.41, 5.74) is 1.57. The second kappa shape index (κ2) is 9.46. The molecule has 29 heavy (non-hydrogen) atoms. The van der Waals surface area contributed by atoms with E-state index in [2.05, 4.69) is 33.8 Å². The van der Waals surface area contributed by atoms with Gasteiger partial charge in [0.15, 0.2) is 0 Å². The molecule has 0 amide bonds. The summed E-state index contributed by atoms with van der Waals surface area (Å²) >= 11 is 0. The quantitative estimate of drug-likeness (QED) is 0.540. The molecule has 1 saturated carbocycles. The molecule has 5 heteroatoms. The molecule has 2 rings (SSSR count). The van der Waals surface area contributed by atoms with Gasteiger partial charge in [-0.2, -0.15) is 0 Å². The van der Waals surface area contributed by atoms with E-state index in [9.17, 15) is 14.7 Å². The highest BCUT2D eigenvalue weighted by molar-refractivity contribution is 5.67. The first-order chi connectivity index (χ1) is 13.5. The normalized spacial score (nSPS) is 33.2. The minimum absolute atomic E-state index is 0.0122. The van der Waals surface area contributed by atoms with E-state index in [-0.39, 0.29) is 41.9 Å². The number of aliphatic hydroxyl groups is 1. The van der Waals surface area contributed by atoms with Gasteiger partial charge < -0.3 is 14.6 Å². The Morgan fingerprint density at radius 3 is 2.48 bits per heavy atom. The summed E-state index contributed by atoms with van der Waals surface area (Å²) in [4.78, 5) is 23.5. The molecule has 2 aliphatic rings. The molecule has 164 valence electrons. The maximum atomic E-state index is 12.0. The Balaban J connectivity index is 2.45. The fraction of sp³-hybridized carbons (Fsp3) is 0.750. The Morgan fingerprint density at radius 1 is 1.24 bits per heavy atom. The fourth-order valence-electron chi connectivity index (χ4n) is 5.42. The molecule has 1 N–H and O–H groups in total. The molecule has 0 aromatic heterocycles. The number of aliphatic hydroxyl groups excluding tert-OH is 1. The molecule has 0 bridgehead atoms. The van der Waals surface area contributed by atoms with Crippen LogP contribution in [0.2, 0.25) is 0 Å². The molecule has 5 nitrogen and oxygen atoms in total. The van der Waals surface area contributed by atoms with Crippen LogP contribution in [0.3, 0.4) is 0 Å². The molecule has 1 fully saturated rings. The standard InChI is InChI=1S/C24H38O5/c1-16(2)24(29-19(5)27)12-11-23(6)10-9-20(15-25)14-21(28-18(4)26)13-17(3)7-8-22(23)24/h9,13,16,21-22,25H,7-8,10-12,14-15H2,1-6H3. The average Bonchev–Trinajstić information content (AvgIpc) is 2.87. The Morgan fingerprint density at radius 2 is 1.93 bits per heavy atom. The molecule has 0 aromatic rings. The van der Waals surface area contributed by atoms with Crippen LogP contribution in [-0.2, 0) is 19.1 Å². The summed E-state index contributed by atoms with van der Waals surface area (Å²) in [6.07, 6.45) is 8.71. The van der Waals surface area contributed by atoms with E-state index >= 15 is 0 Å². The van der Waals surface area contributed by atoms with Crippen LogP contribution in [-0.4, -0.2) is 35.4 Å². The first kappa shape index (κ1) is 23.7. The third kappa shape index (κ3) is 5.50. The van der Waals surface area contributed by atoms with Crippen molar-refractivity contribution in [2.24, 2.45) is 17.3 Å². The van der Waals surface area contributed by atoms with Gasteiger partial charge in [0.1, 0.15) is 11.7 Å². The van der Waals surface area contributed by atoms with Gasteiger partial charge in [0, 0.05) is 26.2 Å². The zero-order chi connectivity index (χ0) is 21.8. The van der Waals surface area contributed by atoms with E-state index < -0.39 is 5.60 Å². The summed E-state index contributed by atoms with van der Waals surface area (Å²) in [6.45, 7) is 11.5. The van der Waals surface area contributed by atoms with Crippen LogP contribution in [0.25, 0.3) is 0 Å². The third-order valence-corrected chi connectivity index (χ3v) is 6.97. The molecule has 4 atom stereocenters. The van der Waals surface area contributed by atoms with Crippen molar-refractivity contribution in [1.29, 1.82) is 0 Å². The second-order valence-electron chi connectivity index (χ2n) is 9.54. The summed E-state index contributed by atoms with van der Waals surface area (Å²) < 4.78 is 11.5. The van der Waals surface area contributed by atoms with Gasteiger partial charge in [0.05, 0.1) is 6.61 Å². The summed E-state index contributed by atoms with van der Waals surface area (Å²) in [6, 6.07) is 0. The highest BCUT2D eigenvalue weighted by atomic mass is 16.6. The van der Waals surface area contributed by atoms with Crippen LogP contribution in [0.4, 0.5) is 0 Å². The number of rotatable bonds is 4. The third-order valence-electron chi connectivity index (χ3n) is 6.97. The van der Waals surface area contributed by atoms with Crippen molar-refractivity contribution >= 4 is 11.9 Å². The van der Waals surface area contributed by atoms with Crippen LogP contribution in [0.15, 0.2) is 23.3 Å². The fourth-order valence-corrected chi connectivity index (χ4v) is 5.42. The topological polar surface area (TPSA) is 72.8 Å². The number of esters is 2. The Bertz CT molecular complexity index is 677. The Labute approximate surface area is 175 Å². The first-order valence-corrected chi connectivity index (χ1v) is 10.9. The van der Waals surface area contributed by atoms with Crippen molar-refractivity contribution in [3.05, 3.63) is 23.3 Å². The number of hydrogen-bond donors (Lipinski definition) is 1. The van der Waals surface area contributed by atoms with Crippen molar-refractivity contribution in [3.8, 4) is 0 Å². The van der Waals surface area contributed by atoms with E-state index in [0.29, 0.717) is 6.42 Å². The van der Waals surface area contributed by atoms with E-state index in [1.54, 1.807) is 0 Å². The lowest BCUT2D eigenvalue weighted by molar-refractivity contribution is -0.171.